The van der Waals surface area contributed by atoms with Crippen molar-refractivity contribution >= 4 is 0 Å². The Morgan fingerprint density at radius 1 is 1.29 bits per heavy atom. The van der Waals surface area contributed by atoms with Crippen molar-refractivity contribution in [2.75, 3.05) is 0 Å². The molecule has 0 fully saturated rings. The van der Waals surface area contributed by atoms with Crippen molar-refractivity contribution in [3.8, 4) is 11.3 Å². The van der Waals surface area contributed by atoms with Crippen LogP contribution >= 0.6 is 0 Å². The van der Waals surface area contributed by atoms with Crippen LogP contribution in [0, 0.1) is 6.92 Å². The third-order valence-electron chi connectivity index (χ3n) is 2.24. The average molecular weight is 188 g/mol. The molecule has 1 aromatic carbocycles. The summed E-state index contributed by atoms with van der Waals surface area (Å²) in [6.45, 7) is 2.33. The highest BCUT2D eigenvalue weighted by Crippen LogP contribution is 2.24. The Bertz CT molecular complexity index is 420. The first-order valence-corrected chi connectivity index (χ1v) is 4.53. The summed E-state index contributed by atoms with van der Waals surface area (Å²) in [7, 11) is 0. The Labute approximate surface area is 82.5 Å². The molecule has 0 aliphatic carbocycles. The molecule has 2 rings (SSSR count). The summed E-state index contributed by atoms with van der Waals surface area (Å²) in [5, 5.41) is 4.00. The molecule has 2 aromatic rings. The highest BCUT2D eigenvalue weighted by molar-refractivity contribution is 5.63. The van der Waals surface area contributed by atoms with Crippen LogP contribution < -0.4 is 5.73 Å². The molecule has 0 radical (unpaired) electrons. The lowest BCUT2D eigenvalue weighted by Crippen LogP contribution is -1.98. The predicted octanol–water partition coefficient (Wildman–Crippen LogP) is 2.11. The standard InChI is InChI=1S/C11H12N2O/c1-8-10(7-12)11(13-14-8)9-5-3-2-4-6-9/h2-6H,7,12H2,1H3. The first-order chi connectivity index (χ1) is 6.83. The van der Waals surface area contributed by atoms with Crippen molar-refractivity contribution in [2.45, 2.75) is 13.5 Å². The highest BCUT2D eigenvalue weighted by Gasteiger charge is 2.11. The van der Waals surface area contributed by atoms with Crippen molar-refractivity contribution in [2.24, 2.45) is 5.73 Å². The van der Waals surface area contributed by atoms with Crippen molar-refractivity contribution in [3.63, 3.8) is 0 Å². The minimum absolute atomic E-state index is 0.458. The van der Waals surface area contributed by atoms with Crippen LogP contribution in [0.5, 0.6) is 0 Å². The molecule has 0 aliphatic heterocycles. The second kappa shape index (κ2) is 3.64. The molecule has 2 N–H and O–H groups in total. The van der Waals surface area contributed by atoms with Crippen LogP contribution in [0.4, 0.5) is 0 Å². The topological polar surface area (TPSA) is 52.0 Å². The van der Waals surface area contributed by atoms with Gasteiger partial charge in [-0.1, -0.05) is 35.5 Å². The van der Waals surface area contributed by atoms with Gasteiger partial charge in [0.2, 0.25) is 0 Å². The Balaban J connectivity index is 2.52. The van der Waals surface area contributed by atoms with Gasteiger partial charge in [-0.3, -0.25) is 0 Å². The van der Waals surface area contributed by atoms with Crippen LogP contribution in [0.15, 0.2) is 34.9 Å². The largest absolute Gasteiger partial charge is 0.361 e. The Morgan fingerprint density at radius 3 is 2.64 bits per heavy atom. The molecule has 0 atom stereocenters. The van der Waals surface area contributed by atoms with Crippen LogP contribution in [0.25, 0.3) is 11.3 Å². The number of aryl methyl sites for hydroxylation is 1. The minimum atomic E-state index is 0.458. The van der Waals surface area contributed by atoms with Gasteiger partial charge in [0.1, 0.15) is 11.5 Å². The molecule has 3 nitrogen and oxygen atoms in total. The quantitative estimate of drug-likeness (QED) is 0.785. The fourth-order valence-corrected chi connectivity index (χ4v) is 1.45. The second-order valence-electron chi connectivity index (χ2n) is 3.14. The fraction of sp³-hybridized carbons (Fsp3) is 0.182. The molecule has 0 aliphatic rings. The third kappa shape index (κ3) is 1.42. The lowest BCUT2D eigenvalue weighted by atomic mass is 10.1. The van der Waals surface area contributed by atoms with E-state index in [0.29, 0.717) is 6.54 Å². The Kier molecular flexibility index (Phi) is 2.33. The summed E-state index contributed by atoms with van der Waals surface area (Å²) in [4.78, 5) is 0. The molecule has 72 valence electrons. The van der Waals surface area contributed by atoms with E-state index in [1.165, 1.54) is 0 Å². The van der Waals surface area contributed by atoms with Gasteiger partial charge in [0.25, 0.3) is 0 Å². The molecule has 0 spiro atoms. The lowest BCUT2D eigenvalue weighted by molar-refractivity contribution is 0.398. The van der Waals surface area contributed by atoms with Crippen LogP contribution in [0.2, 0.25) is 0 Å². The summed E-state index contributed by atoms with van der Waals surface area (Å²) in [5.41, 5.74) is 8.51. The SMILES string of the molecule is Cc1onc(-c2ccccc2)c1CN. The maximum absolute atomic E-state index is 5.63. The van der Waals surface area contributed by atoms with E-state index >= 15 is 0 Å². The number of rotatable bonds is 2. The summed E-state index contributed by atoms with van der Waals surface area (Å²) >= 11 is 0. The molecule has 3 heteroatoms. The summed E-state index contributed by atoms with van der Waals surface area (Å²) in [6, 6.07) is 9.91. The van der Waals surface area contributed by atoms with E-state index in [-0.39, 0.29) is 0 Å². The normalized spacial score (nSPS) is 10.4. The molecular weight excluding hydrogens is 176 g/mol. The van der Waals surface area contributed by atoms with Crippen molar-refractivity contribution in [1.29, 1.82) is 0 Å². The maximum Gasteiger partial charge on any atom is 0.138 e. The van der Waals surface area contributed by atoms with Gasteiger partial charge >= 0.3 is 0 Å². The Hall–Kier alpha value is -1.61. The molecule has 0 unspecified atom stereocenters. The molecule has 0 amide bonds. The van der Waals surface area contributed by atoms with Gasteiger partial charge in [0.15, 0.2) is 0 Å². The van der Waals surface area contributed by atoms with E-state index in [1.54, 1.807) is 0 Å². The molecule has 14 heavy (non-hydrogen) atoms. The van der Waals surface area contributed by atoms with Crippen LogP contribution in [-0.4, -0.2) is 5.16 Å². The summed E-state index contributed by atoms with van der Waals surface area (Å²) in [5.74, 6) is 0.798. The molecule has 1 aromatic heterocycles. The summed E-state index contributed by atoms with van der Waals surface area (Å²) < 4.78 is 5.11. The van der Waals surface area contributed by atoms with Gasteiger partial charge in [-0.15, -0.1) is 0 Å². The fourth-order valence-electron chi connectivity index (χ4n) is 1.45. The monoisotopic (exact) mass is 188 g/mol. The van der Waals surface area contributed by atoms with Gasteiger partial charge in [-0.2, -0.15) is 0 Å². The number of aromatic nitrogens is 1. The van der Waals surface area contributed by atoms with E-state index in [1.807, 2.05) is 37.3 Å². The Morgan fingerprint density at radius 2 is 2.00 bits per heavy atom. The number of nitrogens with two attached hydrogens (primary N) is 1. The van der Waals surface area contributed by atoms with Gasteiger partial charge in [-0.05, 0) is 6.92 Å². The smallest absolute Gasteiger partial charge is 0.138 e. The van der Waals surface area contributed by atoms with Gasteiger partial charge in [0.05, 0.1) is 0 Å². The van der Waals surface area contributed by atoms with E-state index in [4.69, 9.17) is 10.3 Å². The first kappa shape index (κ1) is 8.97. The first-order valence-electron chi connectivity index (χ1n) is 4.53. The van der Waals surface area contributed by atoms with Crippen LogP contribution in [0.3, 0.4) is 0 Å². The summed E-state index contributed by atoms with van der Waals surface area (Å²) in [6.07, 6.45) is 0. The third-order valence-corrected chi connectivity index (χ3v) is 2.24. The van der Waals surface area contributed by atoms with Crippen molar-refractivity contribution < 1.29 is 4.52 Å². The number of hydrogen-bond acceptors (Lipinski definition) is 3. The number of hydrogen-bond donors (Lipinski definition) is 1. The second-order valence-corrected chi connectivity index (χ2v) is 3.14. The van der Waals surface area contributed by atoms with Gasteiger partial charge < -0.3 is 10.3 Å². The van der Waals surface area contributed by atoms with Crippen molar-refractivity contribution in [3.05, 3.63) is 41.7 Å². The van der Waals surface area contributed by atoms with E-state index in [0.717, 1.165) is 22.6 Å². The molecule has 0 saturated carbocycles. The molecule has 1 heterocycles. The number of benzene rings is 1. The van der Waals surface area contributed by atoms with Crippen molar-refractivity contribution in [1.82, 2.24) is 5.16 Å². The van der Waals surface area contributed by atoms with Gasteiger partial charge in [0, 0.05) is 17.7 Å². The highest BCUT2D eigenvalue weighted by atomic mass is 16.5. The zero-order chi connectivity index (χ0) is 9.97. The van der Waals surface area contributed by atoms with E-state index < -0.39 is 0 Å². The lowest BCUT2D eigenvalue weighted by Gasteiger charge is -1.98. The maximum atomic E-state index is 5.63. The molecule has 0 saturated heterocycles. The minimum Gasteiger partial charge on any atom is -0.361 e. The zero-order valence-electron chi connectivity index (χ0n) is 8.03. The van der Waals surface area contributed by atoms with E-state index in [2.05, 4.69) is 5.16 Å². The average Bonchev–Trinajstić information content (AvgIpc) is 2.61. The van der Waals surface area contributed by atoms with Crippen LogP contribution in [0.1, 0.15) is 11.3 Å². The molecular formula is C11H12N2O. The van der Waals surface area contributed by atoms with Crippen LogP contribution in [-0.2, 0) is 6.54 Å². The zero-order valence-corrected chi connectivity index (χ0v) is 8.03. The molecule has 0 bridgehead atoms. The number of nitrogens with zero attached hydrogens (tertiary/aromatic N) is 1. The van der Waals surface area contributed by atoms with E-state index in [9.17, 15) is 0 Å². The predicted molar refractivity (Wildman–Crippen MR) is 54.6 cm³/mol. The van der Waals surface area contributed by atoms with Gasteiger partial charge in [-0.25, -0.2) is 0 Å².